The second kappa shape index (κ2) is 6.93. The fourth-order valence-electron chi connectivity index (χ4n) is 0.149. The Bertz CT molecular complexity index is 186. The highest BCUT2D eigenvalue weighted by Gasteiger charge is 1.98. The van der Waals surface area contributed by atoms with Crippen molar-refractivity contribution in [3.8, 4) is 0 Å². The first-order valence-corrected chi connectivity index (χ1v) is 4.27. The van der Waals surface area contributed by atoms with Crippen LogP contribution in [0.3, 0.4) is 0 Å². The van der Waals surface area contributed by atoms with Crippen LogP contribution in [0.2, 0.25) is 0 Å². The third-order valence-electron chi connectivity index (χ3n) is 0.267. The monoisotopic (exact) mass is 192 g/mol. The molecule has 0 fully saturated rings. The van der Waals surface area contributed by atoms with E-state index in [9.17, 15) is 8.42 Å². The molecule has 0 radical (unpaired) electrons. The minimum absolute atomic E-state index is 0.0289. The van der Waals surface area contributed by atoms with Crippen molar-refractivity contribution >= 4 is 22.0 Å². The molecule has 64 valence electrons. The van der Waals surface area contributed by atoms with Crippen LogP contribution in [-0.4, -0.2) is 28.0 Å². The zero-order valence-corrected chi connectivity index (χ0v) is 6.92. The predicted octanol–water partition coefficient (Wildman–Crippen LogP) is -1.38. The molecule has 0 aliphatic rings. The van der Waals surface area contributed by atoms with E-state index in [-0.39, 0.29) is 6.61 Å². The fourth-order valence-corrected chi connectivity index (χ4v) is 0.447. The van der Waals surface area contributed by atoms with Crippen molar-refractivity contribution in [2.45, 2.75) is 6.92 Å². The van der Waals surface area contributed by atoms with Gasteiger partial charge in [0.15, 0.2) is 0 Å². The Morgan fingerprint density at radius 3 is 1.80 bits per heavy atom. The Morgan fingerprint density at radius 2 is 1.80 bits per heavy atom. The average Bonchev–Trinajstić information content (AvgIpc) is 1.63. The Labute approximate surface area is 61.8 Å². The van der Waals surface area contributed by atoms with Gasteiger partial charge in [-0.1, -0.05) is 0 Å². The molecule has 0 saturated heterocycles. The van der Waals surface area contributed by atoms with Crippen LogP contribution in [0.1, 0.15) is 6.92 Å². The van der Waals surface area contributed by atoms with Crippen LogP contribution >= 0.6 is 0 Å². The largest absolute Gasteiger partial charge is 0.397 e. The van der Waals surface area contributed by atoms with Crippen molar-refractivity contribution in [2.24, 2.45) is 0 Å². The molecule has 1 N–H and O–H groups in total. The van der Waals surface area contributed by atoms with Gasteiger partial charge in [0.05, 0.1) is 6.61 Å². The molecule has 0 aliphatic carbocycles. The van der Waals surface area contributed by atoms with Crippen molar-refractivity contribution in [2.75, 3.05) is 6.61 Å². The zero-order valence-electron chi connectivity index (χ0n) is 5.10. The minimum Gasteiger partial charge on any atom is -0.264 e. The first-order chi connectivity index (χ1) is 4.47. The summed E-state index contributed by atoms with van der Waals surface area (Å²) < 4.78 is 47.5. The molecule has 0 aliphatic heterocycles. The van der Waals surface area contributed by atoms with E-state index in [0.717, 1.165) is 0 Å². The van der Waals surface area contributed by atoms with Crippen LogP contribution in [-0.2, 0) is 26.2 Å². The van der Waals surface area contributed by atoms with Gasteiger partial charge in [-0.2, -0.15) is 8.42 Å². The molecular weight excluding hydrogens is 184 g/mol. The van der Waals surface area contributed by atoms with Gasteiger partial charge < -0.3 is 0 Å². The van der Waals surface area contributed by atoms with Crippen LogP contribution in [0, 0.1) is 0 Å². The molecule has 0 rings (SSSR count). The minimum atomic E-state index is -4.17. The summed E-state index contributed by atoms with van der Waals surface area (Å²) in [5.74, 6) is 0. The van der Waals surface area contributed by atoms with Crippen LogP contribution < -0.4 is 0 Å². The number of hydrogen-bond donors (Lipinski definition) is 1. The van der Waals surface area contributed by atoms with Gasteiger partial charge >= 0.3 is 10.4 Å². The van der Waals surface area contributed by atoms with E-state index >= 15 is 0 Å². The van der Waals surface area contributed by atoms with Crippen molar-refractivity contribution in [1.29, 1.82) is 0 Å². The molecule has 0 saturated carbocycles. The first-order valence-electron chi connectivity index (χ1n) is 2.09. The van der Waals surface area contributed by atoms with Gasteiger partial charge in [0.2, 0.25) is 0 Å². The summed E-state index contributed by atoms with van der Waals surface area (Å²) >= 11 is -1.42. The summed E-state index contributed by atoms with van der Waals surface area (Å²) in [6.45, 7) is 1.44. The molecule has 0 amide bonds. The van der Waals surface area contributed by atoms with Gasteiger partial charge in [-0.15, -0.1) is 0 Å². The maximum Gasteiger partial charge on any atom is 0.397 e. The molecule has 0 unspecified atom stereocenters. The molecule has 10 heavy (non-hydrogen) atoms. The summed E-state index contributed by atoms with van der Waals surface area (Å²) in [5.41, 5.74) is 0. The lowest BCUT2D eigenvalue weighted by Gasteiger charge is -1.88. The molecule has 0 aromatic rings. The van der Waals surface area contributed by atoms with Crippen LogP contribution in [0.5, 0.6) is 0 Å². The summed E-state index contributed by atoms with van der Waals surface area (Å²) in [7, 11) is -4.17. The molecule has 0 aromatic heterocycles. The lowest BCUT2D eigenvalue weighted by molar-refractivity contribution is 0.283. The van der Waals surface area contributed by atoms with Gasteiger partial charge in [0.25, 0.3) is 0 Å². The smallest absolute Gasteiger partial charge is 0.264 e. The van der Waals surface area contributed by atoms with E-state index in [1.807, 2.05) is 0 Å². The van der Waals surface area contributed by atoms with Gasteiger partial charge in [0.1, 0.15) is 11.6 Å². The molecule has 0 spiro atoms. The summed E-state index contributed by atoms with van der Waals surface area (Å²) in [6.07, 6.45) is 0. The normalized spacial score (nSPS) is 9.80. The first kappa shape index (κ1) is 12.5. The van der Waals surface area contributed by atoms with E-state index in [4.69, 9.17) is 13.0 Å². The molecule has 0 bridgehead atoms. The summed E-state index contributed by atoms with van der Waals surface area (Å²) in [4.78, 5) is 0. The second-order valence-corrected chi connectivity index (χ2v) is 2.18. The van der Waals surface area contributed by atoms with Crippen molar-refractivity contribution in [1.82, 2.24) is 0 Å². The third kappa shape index (κ3) is 24.9. The number of rotatable bonds is 2. The van der Waals surface area contributed by atoms with Gasteiger partial charge in [-0.3, -0.25) is 4.55 Å². The number of hydrogen-bond acceptors (Lipinski definition) is 5. The van der Waals surface area contributed by atoms with Crippen LogP contribution in [0.4, 0.5) is 0 Å². The Kier molecular flexibility index (Phi) is 8.66. The molecule has 0 aromatic carbocycles. The van der Waals surface area contributed by atoms with E-state index in [2.05, 4.69) is 4.18 Å². The molecule has 8 heteroatoms. The predicted molar refractivity (Wildman–Crippen MR) is 34.9 cm³/mol. The SMILES string of the molecule is CCOS(=O)(=O)O.O=[SH2]=O. The highest BCUT2D eigenvalue weighted by molar-refractivity contribution is 7.80. The average molecular weight is 192 g/mol. The molecule has 0 heterocycles. The van der Waals surface area contributed by atoms with Crippen molar-refractivity contribution in [3.05, 3.63) is 0 Å². The molecule has 0 atom stereocenters. The molecular formula is C2H8O6S2. The van der Waals surface area contributed by atoms with E-state index in [1.54, 1.807) is 0 Å². The topological polar surface area (TPSA) is 97.7 Å². The summed E-state index contributed by atoms with van der Waals surface area (Å²) in [6, 6.07) is 0. The second-order valence-electron chi connectivity index (χ2n) is 0.918. The fraction of sp³-hybridized carbons (Fsp3) is 1.00. The van der Waals surface area contributed by atoms with Crippen molar-refractivity contribution in [3.63, 3.8) is 0 Å². The maximum absolute atomic E-state index is 9.56. The van der Waals surface area contributed by atoms with E-state index in [1.165, 1.54) is 6.92 Å². The van der Waals surface area contributed by atoms with Crippen LogP contribution in [0.15, 0.2) is 0 Å². The Hall–Kier alpha value is -0.180. The van der Waals surface area contributed by atoms with Crippen molar-refractivity contribution < 1.29 is 25.6 Å². The lowest BCUT2D eigenvalue weighted by Crippen LogP contribution is -2.01. The lowest BCUT2D eigenvalue weighted by atomic mass is 10.9. The van der Waals surface area contributed by atoms with Gasteiger partial charge in [-0.25, -0.2) is 12.6 Å². The third-order valence-corrected chi connectivity index (χ3v) is 0.800. The molecule has 6 nitrogen and oxygen atoms in total. The summed E-state index contributed by atoms with van der Waals surface area (Å²) in [5, 5.41) is 0. The maximum atomic E-state index is 9.56. The Morgan fingerprint density at radius 1 is 1.50 bits per heavy atom. The van der Waals surface area contributed by atoms with Crippen LogP contribution in [0.25, 0.3) is 0 Å². The Balaban J connectivity index is 0. The van der Waals surface area contributed by atoms with E-state index < -0.39 is 22.0 Å². The highest BCUT2D eigenvalue weighted by Crippen LogP contribution is 1.81. The van der Waals surface area contributed by atoms with E-state index in [0.29, 0.717) is 0 Å². The highest BCUT2D eigenvalue weighted by atomic mass is 32.3. The quantitative estimate of drug-likeness (QED) is 0.541. The standard InChI is InChI=1S/C2H6O4S.H2O2S/c1-2-6-7(3,4)5;1-3-2/h2H2,1H3,(H,3,4,5);3H2. The zero-order chi connectivity index (χ0) is 8.62. The van der Waals surface area contributed by atoms with Gasteiger partial charge in [-0.05, 0) is 6.92 Å². The van der Waals surface area contributed by atoms with Gasteiger partial charge in [0, 0.05) is 0 Å².